The highest BCUT2D eigenvalue weighted by molar-refractivity contribution is 6.02. The molecule has 2 atom stereocenters. The number of pyridine rings is 1. The summed E-state index contributed by atoms with van der Waals surface area (Å²) in [6.07, 6.45) is 3.26. The Kier molecular flexibility index (Phi) is 5.74. The van der Waals surface area contributed by atoms with Crippen LogP contribution in [0.2, 0.25) is 0 Å². The number of nitriles is 1. The maximum absolute atomic E-state index is 13.6. The van der Waals surface area contributed by atoms with Crippen molar-refractivity contribution in [2.75, 3.05) is 7.05 Å². The lowest BCUT2D eigenvalue weighted by atomic mass is 9.73. The third-order valence-electron chi connectivity index (χ3n) is 6.59. The van der Waals surface area contributed by atoms with Crippen molar-refractivity contribution >= 4 is 11.9 Å². The minimum atomic E-state index is -0.910. The van der Waals surface area contributed by atoms with E-state index in [2.05, 4.69) is 44.0 Å². The van der Waals surface area contributed by atoms with Crippen LogP contribution < -0.4 is 5.73 Å². The molecule has 1 aliphatic heterocycles. The number of carbonyl (C=O) groups is 1. The Bertz CT molecular complexity index is 1310. The van der Waals surface area contributed by atoms with Crippen molar-refractivity contribution in [1.29, 1.82) is 5.26 Å². The molecule has 2 heterocycles. The van der Waals surface area contributed by atoms with E-state index in [9.17, 15) is 10.1 Å². The smallest absolute Gasteiger partial charge is 0.239 e. The van der Waals surface area contributed by atoms with Crippen LogP contribution in [-0.2, 0) is 15.7 Å². The molecular weight excluding hydrogens is 422 g/mol. The first-order chi connectivity index (χ1) is 16.0. The molecule has 34 heavy (non-hydrogen) atoms. The maximum atomic E-state index is 13.6. The molecule has 2 aromatic carbocycles. The topological polar surface area (TPSA) is 95.4 Å². The first-order valence-electron chi connectivity index (χ1n) is 11.2. The van der Waals surface area contributed by atoms with E-state index in [1.54, 1.807) is 19.3 Å². The molecule has 0 bridgehead atoms. The summed E-state index contributed by atoms with van der Waals surface area (Å²) in [5.74, 6) is -0.455. The fourth-order valence-electron chi connectivity index (χ4n) is 4.47. The van der Waals surface area contributed by atoms with E-state index >= 15 is 0 Å². The largest absolute Gasteiger partial charge is 0.369 e. The van der Waals surface area contributed by atoms with Crippen LogP contribution in [0, 0.1) is 11.3 Å². The summed E-state index contributed by atoms with van der Waals surface area (Å²) in [5, 5.41) is 9.26. The molecule has 0 saturated carbocycles. The van der Waals surface area contributed by atoms with Gasteiger partial charge in [-0.15, -0.1) is 0 Å². The van der Waals surface area contributed by atoms with E-state index in [0.717, 1.165) is 22.3 Å². The second-order valence-electron chi connectivity index (χ2n) is 9.97. The van der Waals surface area contributed by atoms with Gasteiger partial charge in [0.25, 0.3) is 0 Å². The highest BCUT2D eigenvalue weighted by atomic mass is 16.2. The van der Waals surface area contributed by atoms with Crippen LogP contribution in [0.1, 0.15) is 55.9 Å². The summed E-state index contributed by atoms with van der Waals surface area (Å²) in [4.78, 5) is 24.0. The van der Waals surface area contributed by atoms with Gasteiger partial charge in [0.05, 0.1) is 11.5 Å². The standard InChI is InChI=1S/C28H29N5O/c1-27(2,3)22-11-9-19(10-12-22)24-25(34)33(5)26(30)32-28(24,4)23-8-6-7-20(14-23)21-13-18(15-29)16-31-17-21/h6-14,16-17,24H,1-5H3,(H2,30,32)/t24-,28-/m1/s1. The molecule has 0 spiro atoms. The second-order valence-corrected chi connectivity index (χ2v) is 9.97. The van der Waals surface area contributed by atoms with Gasteiger partial charge in [-0.2, -0.15) is 5.26 Å². The summed E-state index contributed by atoms with van der Waals surface area (Å²) in [5.41, 5.74) is 10.5. The number of likely N-dealkylation sites (N-methyl/N-ethyl adjacent to an activating group) is 1. The van der Waals surface area contributed by atoms with E-state index in [-0.39, 0.29) is 17.3 Å². The summed E-state index contributed by atoms with van der Waals surface area (Å²) >= 11 is 0. The fraction of sp³-hybridized carbons (Fsp3) is 0.286. The lowest BCUT2D eigenvalue weighted by Gasteiger charge is -2.41. The van der Waals surface area contributed by atoms with Gasteiger partial charge < -0.3 is 5.73 Å². The molecule has 2 N–H and O–H groups in total. The Morgan fingerprint density at radius 3 is 2.41 bits per heavy atom. The maximum Gasteiger partial charge on any atom is 0.239 e. The first kappa shape index (κ1) is 23.2. The van der Waals surface area contributed by atoms with E-state index in [1.165, 1.54) is 16.7 Å². The first-order valence-corrected chi connectivity index (χ1v) is 11.2. The third kappa shape index (κ3) is 4.06. The molecule has 172 valence electrons. The van der Waals surface area contributed by atoms with Crippen LogP contribution in [-0.4, -0.2) is 28.8 Å². The summed E-state index contributed by atoms with van der Waals surface area (Å²) in [7, 11) is 1.66. The number of aromatic nitrogens is 1. The second kappa shape index (κ2) is 8.42. The number of guanidine groups is 1. The van der Waals surface area contributed by atoms with E-state index in [0.29, 0.717) is 5.56 Å². The number of rotatable bonds is 3. The average Bonchev–Trinajstić information content (AvgIpc) is 2.82. The van der Waals surface area contributed by atoms with Gasteiger partial charge in [-0.3, -0.25) is 14.7 Å². The lowest BCUT2D eigenvalue weighted by molar-refractivity contribution is -0.130. The van der Waals surface area contributed by atoms with Crippen LogP contribution in [0.4, 0.5) is 0 Å². The van der Waals surface area contributed by atoms with Crippen molar-refractivity contribution in [2.45, 2.75) is 44.6 Å². The van der Waals surface area contributed by atoms with E-state index < -0.39 is 11.5 Å². The molecule has 1 aromatic heterocycles. The molecule has 0 saturated heterocycles. The van der Waals surface area contributed by atoms with Crippen molar-refractivity contribution < 1.29 is 4.79 Å². The molecular formula is C28H29N5O. The highest BCUT2D eigenvalue weighted by Crippen LogP contribution is 2.45. The molecule has 3 aromatic rings. The van der Waals surface area contributed by atoms with Gasteiger partial charge >= 0.3 is 0 Å². The predicted molar refractivity (Wildman–Crippen MR) is 134 cm³/mol. The molecule has 0 radical (unpaired) electrons. The molecule has 0 aliphatic carbocycles. The number of aliphatic imine (C=N–C) groups is 1. The molecule has 0 fully saturated rings. The Morgan fingerprint density at radius 2 is 1.76 bits per heavy atom. The van der Waals surface area contributed by atoms with Gasteiger partial charge in [0.15, 0.2) is 5.96 Å². The van der Waals surface area contributed by atoms with Crippen molar-refractivity contribution in [2.24, 2.45) is 10.7 Å². The predicted octanol–water partition coefficient (Wildman–Crippen LogP) is 4.70. The molecule has 6 heteroatoms. The Hall–Kier alpha value is -3.98. The number of nitrogens with zero attached hydrogens (tertiary/aromatic N) is 4. The summed E-state index contributed by atoms with van der Waals surface area (Å²) < 4.78 is 0. The number of amides is 1. The Morgan fingerprint density at radius 1 is 1.06 bits per heavy atom. The average molecular weight is 452 g/mol. The quantitative estimate of drug-likeness (QED) is 0.624. The van der Waals surface area contributed by atoms with E-state index in [4.69, 9.17) is 10.7 Å². The van der Waals surface area contributed by atoms with Crippen LogP contribution >= 0.6 is 0 Å². The Labute approximate surface area is 200 Å². The minimum Gasteiger partial charge on any atom is -0.369 e. The normalized spacial score (nSPS) is 20.6. The van der Waals surface area contributed by atoms with Gasteiger partial charge in [0.2, 0.25) is 5.91 Å². The van der Waals surface area contributed by atoms with Gasteiger partial charge in [0, 0.05) is 25.0 Å². The number of hydrogen-bond donors (Lipinski definition) is 1. The number of benzene rings is 2. The van der Waals surface area contributed by atoms with Crippen LogP contribution in [0.25, 0.3) is 11.1 Å². The van der Waals surface area contributed by atoms with Crippen molar-refractivity contribution in [3.63, 3.8) is 0 Å². The van der Waals surface area contributed by atoms with E-state index in [1.807, 2.05) is 43.3 Å². The number of nitrogens with two attached hydrogens (primary N) is 1. The van der Waals surface area contributed by atoms with Gasteiger partial charge in [-0.05, 0) is 46.7 Å². The lowest BCUT2D eigenvalue weighted by Crippen LogP contribution is -2.52. The van der Waals surface area contributed by atoms with Gasteiger partial charge in [-0.25, -0.2) is 4.99 Å². The summed E-state index contributed by atoms with van der Waals surface area (Å²) in [6.45, 7) is 8.45. The SMILES string of the molecule is CN1C(=O)[C@@H](c2ccc(C(C)(C)C)cc2)[C@@](C)(c2cccc(-c3cncc(C#N)c3)c2)N=C1N. The third-order valence-corrected chi connectivity index (χ3v) is 6.59. The number of carbonyl (C=O) groups excluding carboxylic acids is 1. The molecule has 1 aliphatic rings. The summed E-state index contributed by atoms with van der Waals surface area (Å²) in [6, 6.07) is 20.0. The van der Waals surface area contributed by atoms with Gasteiger partial charge in [-0.1, -0.05) is 63.2 Å². The minimum absolute atomic E-state index is 0.0120. The molecule has 6 nitrogen and oxygen atoms in total. The molecule has 0 unspecified atom stereocenters. The van der Waals surface area contributed by atoms with Crippen LogP contribution in [0.3, 0.4) is 0 Å². The van der Waals surface area contributed by atoms with Crippen LogP contribution in [0.5, 0.6) is 0 Å². The zero-order chi connectivity index (χ0) is 24.7. The monoisotopic (exact) mass is 451 g/mol. The fourth-order valence-corrected chi connectivity index (χ4v) is 4.47. The van der Waals surface area contributed by atoms with Gasteiger partial charge in [0.1, 0.15) is 11.6 Å². The zero-order valence-corrected chi connectivity index (χ0v) is 20.2. The van der Waals surface area contributed by atoms with Crippen LogP contribution in [0.15, 0.2) is 72.0 Å². The molecule has 1 amide bonds. The highest BCUT2D eigenvalue weighted by Gasteiger charge is 2.47. The van der Waals surface area contributed by atoms with Crippen molar-refractivity contribution in [3.05, 3.63) is 89.2 Å². The zero-order valence-electron chi connectivity index (χ0n) is 20.2. The molecule has 4 rings (SSSR count). The number of hydrogen-bond acceptors (Lipinski definition) is 5. The van der Waals surface area contributed by atoms with Crippen molar-refractivity contribution in [1.82, 2.24) is 9.88 Å². The Balaban J connectivity index is 1.85. The van der Waals surface area contributed by atoms with Crippen molar-refractivity contribution in [3.8, 4) is 17.2 Å².